The first kappa shape index (κ1) is 26.8. The first-order chi connectivity index (χ1) is 16.2. The first-order valence-corrected chi connectivity index (χ1v) is 11.0. The topological polar surface area (TPSA) is 128 Å². The summed E-state index contributed by atoms with van der Waals surface area (Å²) in [7, 11) is 0. The Kier molecular flexibility index (Phi) is 10.5. The Hall–Kier alpha value is -3.43. The Morgan fingerprint density at radius 3 is 1.71 bits per heavy atom. The molecule has 0 amide bonds. The van der Waals surface area contributed by atoms with Crippen molar-refractivity contribution in [3.05, 3.63) is 71.8 Å². The molecule has 0 fully saturated rings. The van der Waals surface area contributed by atoms with Crippen molar-refractivity contribution in [2.75, 3.05) is 12.4 Å². The number of nitrogens with one attached hydrogen (secondary N) is 1. The minimum Gasteiger partial charge on any atom is -0.478 e. The highest BCUT2D eigenvalue weighted by molar-refractivity contribution is 6.18. The van der Waals surface area contributed by atoms with Gasteiger partial charge in [-0.1, -0.05) is 50.2 Å². The first-order valence-electron chi connectivity index (χ1n) is 10.5. The van der Waals surface area contributed by atoms with E-state index in [2.05, 4.69) is 5.32 Å². The largest absolute Gasteiger partial charge is 0.478 e. The van der Waals surface area contributed by atoms with Crippen LogP contribution in [-0.2, 0) is 23.8 Å². The molecule has 3 atom stereocenters. The Bertz CT molecular complexity index is 967. The van der Waals surface area contributed by atoms with Gasteiger partial charge < -0.3 is 24.6 Å². The molecule has 0 bridgehead atoms. The molecule has 9 nitrogen and oxygen atoms in total. The van der Waals surface area contributed by atoms with E-state index in [1.807, 2.05) is 13.8 Å². The van der Waals surface area contributed by atoms with Crippen LogP contribution in [0.3, 0.4) is 0 Å². The van der Waals surface area contributed by atoms with Gasteiger partial charge in [-0.3, -0.25) is 0 Å². The van der Waals surface area contributed by atoms with Crippen molar-refractivity contribution < 1.29 is 38.5 Å². The van der Waals surface area contributed by atoms with Gasteiger partial charge in [0.15, 0.2) is 0 Å². The van der Waals surface area contributed by atoms with Crippen molar-refractivity contribution in [1.29, 1.82) is 0 Å². The second-order valence-corrected chi connectivity index (χ2v) is 7.81. The fraction of sp³-hybridized carbons (Fsp3) is 0.333. The number of hydrogen-bond donors (Lipinski definition) is 2. The van der Waals surface area contributed by atoms with E-state index in [9.17, 15) is 24.3 Å². The van der Waals surface area contributed by atoms with Crippen LogP contribution in [-0.4, -0.2) is 65.8 Å². The molecule has 2 aromatic rings. The minimum absolute atomic E-state index is 0.0509. The van der Waals surface area contributed by atoms with Gasteiger partial charge in [0.1, 0.15) is 6.10 Å². The average molecular weight is 492 g/mol. The van der Waals surface area contributed by atoms with Crippen molar-refractivity contribution >= 4 is 35.5 Å². The maximum Gasteiger partial charge on any atom is 0.352 e. The molecule has 2 rings (SSSR count). The van der Waals surface area contributed by atoms with Gasteiger partial charge in [0.25, 0.3) is 0 Å². The molecule has 0 aliphatic heterocycles. The van der Waals surface area contributed by atoms with E-state index in [0.29, 0.717) is 0 Å². The zero-order valence-electron chi connectivity index (χ0n) is 18.7. The summed E-state index contributed by atoms with van der Waals surface area (Å²) in [4.78, 5) is 50.0. The number of carboxylic acid groups (broad SMARTS) is 1. The second kappa shape index (κ2) is 13.3. The zero-order chi connectivity index (χ0) is 25.1. The summed E-state index contributed by atoms with van der Waals surface area (Å²) in [6, 6.07) is 15.3. The summed E-state index contributed by atoms with van der Waals surface area (Å²) in [5.74, 6) is -5.03. The zero-order valence-corrected chi connectivity index (χ0v) is 19.4. The number of rotatable bonds is 12. The maximum atomic E-state index is 12.9. The van der Waals surface area contributed by atoms with Gasteiger partial charge in [-0.05, 0) is 24.3 Å². The number of alkyl halides is 1. The van der Waals surface area contributed by atoms with E-state index in [1.165, 1.54) is 24.3 Å². The normalized spacial score (nSPS) is 13.4. The molecule has 0 unspecified atom stereocenters. The summed E-state index contributed by atoms with van der Waals surface area (Å²) in [5.41, 5.74) is 0.115. The molecule has 0 spiro atoms. The third-order valence-corrected chi connectivity index (χ3v) is 4.79. The molecule has 0 aliphatic rings. The van der Waals surface area contributed by atoms with E-state index >= 15 is 0 Å². The van der Waals surface area contributed by atoms with Gasteiger partial charge in [0.2, 0.25) is 12.2 Å². The van der Waals surface area contributed by atoms with E-state index in [4.69, 9.17) is 25.8 Å². The van der Waals surface area contributed by atoms with Crippen molar-refractivity contribution in [2.24, 2.45) is 0 Å². The lowest BCUT2D eigenvalue weighted by Crippen LogP contribution is -2.48. The van der Waals surface area contributed by atoms with Crippen LogP contribution in [0.2, 0.25) is 0 Å². The number of ether oxygens (including phenoxy) is 3. The fourth-order valence-electron chi connectivity index (χ4n) is 2.72. The van der Waals surface area contributed by atoms with Gasteiger partial charge in [0, 0.05) is 12.6 Å². The molecule has 2 N–H and O–H groups in total. The highest BCUT2D eigenvalue weighted by atomic mass is 35.5. The third kappa shape index (κ3) is 8.17. The highest BCUT2D eigenvalue weighted by Gasteiger charge is 2.42. The predicted molar refractivity (Wildman–Crippen MR) is 123 cm³/mol. The number of aliphatic carboxylic acids is 1. The monoisotopic (exact) mass is 491 g/mol. The molecule has 10 heteroatoms. The molecule has 0 aliphatic carbocycles. The summed E-state index contributed by atoms with van der Waals surface area (Å²) < 4.78 is 15.6. The van der Waals surface area contributed by atoms with Crippen molar-refractivity contribution in [1.82, 2.24) is 5.32 Å². The van der Waals surface area contributed by atoms with Crippen LogP contribution >= 0.6 is 11.6 Å². The number of carbonyl (C=O) groups excluding carboxylic acids is 3. The smallest absolute Gasteiger partial charge is 0.352 e. The van der Waals surface area contributed by atoms with Crippen LogP contribution in [0.4, 0.5) is 0 Å². The van der Waals surface area contributed by atoms with Crippen LogP contribution in [0.15, 0.2) is 60.7 Å². The Labute approximate surface area is 202 Å². The maximum absolute atomic E-state index is 12.9. The SMILES string of the molecule is CC(C)NC[C@@H](CCl)OC(=O)[C@H](OC(=O)c1ccccc1)[C@H](OC(=O)c1ccccc1)C(=O)O. The Balaban J connectivity index is 2.30. The lowest BCUT2D eigenvalue weighted by atomic mass is 10.1. The number of hydrogen-bond acceptors (Lipinski definition) is 8. The van der Waals surface area contributed by atoms with Crippen LogP contribution in [0, 0.1) is 0 Å². The number of esters is 3. The number of carboxylic acids is 1. The molecule has 0 heterocycles. The summed E-state index contributed by atoms with van der Waals surface area (Å²) >= 11 is 5.88. The summed E-state index contributed by atoms with van der Waals surface area (Å²) in [6.07, 6.45) is -5.10. The molecule has 0 saturated heterocycles. The van der Waals surface area contributed by atoms with Gasteiger partial charge >= 0.3 is 23.9 Å². The van der Waals surface area contributed by atoms with Gasteiger partial charge in [0.05, 0.1) is 17.0 Å². The van der Waals surface area contributed by atoms with Crippen LogP contribution in [0.1, 0.15) is 34.6 Å². The summed E-state index contributed by atoms with van der Waals surface area (Å²) in [5, 5.41) is 12.8. The van der Waals surface area contributed by atoms with Crippen molar-refractivity contribution in [3.63, 3.8) is 0 Å². The van der Waals surface area contributed by atoms with Gasteiger partial charge in [-0.15, -0.1) is 11.6 Å². The summed E-state index contributed by atoms with van der Waals surface area (Å²) in [6.45, 7) is 3.93. The molecule has 0 radical (unpaired) electrons. The molecule has 182 valence electrons. The Morgan fingerprint density at radius 2 is 1.29 bits per heavy atom. The Morgan fingerprint density at radius 1 is 0.824 bits per heavy atom. The predicted octanol–water partition coefficient (Wildman–Crippen LogP) is 2.67. The van der Waals surface area contributed by atoms with Crippen molar-refractivity contribution in [3.8, 4) is 0 Å². The van der Waals surface area contributed by atoms with E-state index in [-0.39, 0.29) is 29.6 Å². The molecule has 34 heavy (non-hydrogen) atoms. The molecular formula is C24H26ClNO8. The average Bonchev–Trinajstić information content (AvgIpc) is 2.84. The second-order valence-electron chi connectivity index (χ2n) is 7.50. The molecule has 0 saturated carbocycles. The molecule has 0 aromatic heterocycles. The lowest BCUT2D eigenvalue weighted by Gasteiger charge is -2.25. The molecule has 2 aromatic carbocycles. The van der Waals surface area contributed by atoms with E-state index in [0.717, 1.165) is 0 Å². The number of carbonyl (C=O) groups is 4. The highest BCUT2D eigenvalue weighted by Crippen LogP contribution is 2.15. The van der Waals surface area contributed by atoms with Gasteiger partial charge in [-0.2, -0.15) is 0 Å². The van der Waals surface area contributed by atoms with Crippen LogP contribution in [0.5, 0.6) is 0 Å². The van der Waals surface area contributed by atoms with Crippen molar-refractivity contribution in [2.45, 2.75) is 38.2 Å². The van der Waals surface area contributed by atoms with Crippen LogP contribution in [0.25, 0.3) is 0 Å². The fourth-order valence-corrected chi connectivity index (χ4v) is 2.89. The lowest BCUT2D eigenvalue weighted by molar-refractivity contribution is -0.173. The molecular weight excluding hydrogens is 466 g/mol. The quantitative estimate of drug-likeness (QED) is 0.261. The number of halogens is 1. The van der Waals surface area contributed by atoms with E-state index in [1.54, 1.807) is 36.4 Å². The van der Waals surface area contributed by atoms with Crippen LogP contribution < -0.4 is 5.32 Å². The van der Waals surface area contributed by atoms with Gasteiger partial charge in [-0.25, -0.2) is 19.2 Å². The minimum atomic E-state index is -2.16. The standard InChI is InChI=1S/C24H26ClNO8/c1-15(2)26-14-18(13-25)32-24(31)20(34-23(30)17-11-7-4-8-12-17)19(21(27)28)33-22(29)16-9-5-3-6-10-16/h3-12,15,18-20,26H,13-14H2,1-2H3,(H,27,28)/t18-,19+,20-/m1/s1. The van der Waals surface area contributed by atoms with E-state index < -0.39 is 42.2 Å². The number of benzene rings is 2. The third-order valence-electron chi connectivity index (χ3n) is 4.45.